The number of halogens is 1. The smallest absolute Gasteiger partial charge is 0.137 e. The Hall–Kier alpha value is -1.85. The van der Waals surface area contributed by atoms with Gasteiger partial charge in [0, 0.05) is 23.0 Å². The number of anilines is 1. The predicted molar refractivity (Wildman–Crippen MR) is 87.5 cm³/mol. The third-order valence-electron chi connectivity index (χ3n) is 3.37. The van der Waals surface area contributed by atoms with Crippen molar-refractivity contribution in [3.63, 3.8) is 0 Å². The Morgan fingerprint density at radius 1 is 1.14 bits per heavy atom. The Labute approximate surface area is 131 Å². The highest BCUT2D eigenvalue weighted by atomic mass is 79.9. The lowest BCUT2D eigenvalue weighted by atomic mass is 10.1. The molecular weight excluding hydrogens is 330 g/mol. The molecule has 1 aromatic carbocycles. The quantitative estimate of drug-likeness (QED) is 0.746. The Kier molecular flexibility index (Phi) is 4.22. The standard InChI is InChI=1S/C16H16BrN3O/c17-13-3-6-16-19-10-15(20(16)11-13)9-18-14-4-1-12(2-5-14)7-8-21/h1-6,10-11,18,21H,7-9H2. The fraction of sp³-hybridized carbons (Fsp3) is 0.188. The SMILES string of the molecule is OCCc1ccc(NCc2cnc3ccc(Br)cn23)cc1. The maximum absolute atomic E-state index is 8.91. The van der Waals surface area contributed by atoms with Crippen molar-refractivity contribution in [3.05, 3.63) is 64.5 Å². The van der Waals surface area contributed by atoms with Crippen LogP contribution in [0.5, 0.6) is 0 Å². The summed E-state index contributed by atoms with van der Waals surface area (Å²) < 4.78 is 3.10. The van der Waals surface area contributed by atoms with E-state index in [2.05, 4.69) is 30.6 Å². The lowest BCUT2D eigenvalue weighted by Gasteiger charge is -2.07. The molecule has 21 heavy (non-hydrogen) atoms. The van der Waals surface area contributed by atoms with Crippen LogP contribution in [-0.2, 0) is 13.0 Å². The maximum atomic E-state index is 8.91. The summed E-state index contributed by atoms with van der Waals surface area (Å²) in [5.41, 5.74) is 4.24. The van der Waals surface area contributed by atoms with Crippen molar-refractivity contribution in [2.45, 2.75) is 13.0 Å². The van der Waals surface area contributed by atoms with Gasteiger partial charge in [0.2, 0.25) is 0 Å². The number of hydrogen-bond acceptors (Lipinski definition) is 3. The van der Waals surface area contributed by atoms with Gasteiger partial charge in [0.15, 0.2) is 0 Å². The second kappa shape index (κ2) is 6.28. The molecule has 2 heterocycles. The molecule has 0 fully saturated rings. The second-order valence-electron chi connectivity index (χ2n) is 4.85. The maximum Gasteiger partial charge on any atom is 0.137 e. The van der Waals surface area contributed by atoms with Crippen LogP contribution in [-0.4, -0.2) is 21.1 Å². The number of nitrogens with one attached hydrogen (secondary N) is 1. The van der Waals surface area contributed by atoms with Crippen LogP contribution in [0.15, 0.2) is 53.3 Å². The number of hydrogen-bond donors (Lipinski definition) is 2. The summed E-state index contributed by atoms with van der Waals surface area (Å²) in [5.74, 6) is 0. The summed E-state index contributed by atoms with van der Waals surface area (Å²) >= 11 is 3.48. The van der Waals surface area contributed by atoms with E-state index in [0.717, 1.165) is 27.1 Å². The van der Waals surface area contributed by atoms with Crippen molar-refractivity contribution in [2.24, 2.45) is 0 Å². The summed E-state index contributed by atoms with van der Waals surface area (Å²) in [5, 5.41) is 12.3. The van der Waals surface area contributed by atoms with Crippen molar-refractivity contribution < 1.29 is 5.11 Å². The zero-order valence-electron chi connectivity index (χ0n) is 11.5. The van der Waals surface area contributed by atoms with Gasteiger partial charge in [-0.1, -0.05) is 12.1 Å². The Bertz CT molecular complexity index is 737. The summed E-state index contributed by atoms with van der Waals surface area (Å²) in [7, 11) is 0. The van der Waals surface area contributed by atoms with Crippen molar-refractivity contribution in [3.8, 4) is 0 Å². The molecule has 0 saturated heterocycles. The van der Waals surface area contributed by atoms with Crippen LogP contribution >= 0.6 is 15.9 Å². The molecule has 0 spiro atoms. The van der Waals surface area contributed by atoms with E-state index in [1.54, 1.807) is 0 Å². The number of benzene rings is 1. The van der Waals surface area contributed by atoms with Gasteiger partial charge in [-0.05, 0) is 52.2 Å². The van der Waals surface area contributed by atoms with Crippen LogP contribution in [0.2, 0.25) is 0 Å². The fourth-order valence-corrected chi connectivity index (χ4v) is 2.58. The largest absolute Gasteiger partial charge is 0.396 e. The highest BCUT2D eigenvalue weighted by Gasteiger charge is 2.03. The van der Waals surface area contributed by atoms with Crippen molar-refractivity contribution in [1.82, 2.24) is 9.38 Å². The van der Waals surface area contributed by atoms with Crippen molar-refractivity contribution in [1.29, 1.82) is 0 Å². The average molecular weight is 346 g/mol. The number of rotatable bonds is 5. The number of aromatic nitrogens is 2. The molecule has 0 amide bonds. The summed E-state index contributed by atoms with van der Waals surface area (Å²) in [6.45, 7) is 0.889. The van der Waals surface area contributed by atoms with E-state index in [-0.39, 0.29) is 6.61 Å². The van der Waals surface area contributed by atoms with E-state index in [1.165, 1.54) is 0 Å². The van der Waals surface area contributed by atoms with Gasteiger partial charge in [-0.3, -0.25) is 0 Å². The number of aliphatic hydroxyl groups is 1. The first kappa shape index (κ1) is 14.1. The molecule has 3 aromatic rings. The lowest BCUT2D eigenvalue weighted by molar-refractivity contribution is 0.299. The van der Waals surface area contributed by atoms with Gasteiger partial charge in [-0.2, -0.15) is 0 Å². The Balaban J connectivity index is 1.72. The average Bonchev–Trinajstić information content (AvgIpc) is 2.89. The van der Waals surface area contributed by atoms with Gasteiger partial charge in [0.1, 0.15) is 5.65 Å². The van der Waals surface area contributed by atoms with Crippen LogP contribution in [0.1, 0.15) is 11.3 Å². The number of pyridine rings is 1. The number of fused-ring (bicyclic) bond motifs is 1. The zero-order chi connectivity index (χ0) is 14.7. The van der Waals surface area contributed by atoms with Crippen LogP contribution in [0.25, 0.3) is 5.65 Å². The van der Waals surface area contributed by atoms with E-state index < -0.39 is 0 Å². The highest BCUT2D eigenvalue weighted by Crippen LogP contribution is 2.15. The van der Waals surface area contributed by atoms with Crippen LogP contribution < -0.4 is 5.32 Å². The summed E-state index contributed by atoms with van der Waals surface area (Å²) in [4.78, 5) is 4.38. The third-order valence-corrected chi connectivity index (χ3v) is 3.84. The molecule has 3 rings (SSSR count). The molecule has 0 aliphatic carbocycles. The van der Waals surface area contributed by atoms with Crippen LogP contribution in [0.4, 0.5) is 5.69 Å². The monoisotopic (exact) mass is 345 g/mol. The van der Waals surface area contributed by atoms with Gasteiger partial charge in [-0.25, -0.2) is 4.98 Å². The number of nitrogens with zero attached hydrogens (tertiary/aromatic N) is 2. The second-order valence-corrected chi connectivity index (χ2v) is 5.76. The fourth-order valence-electron chi connectivity index (χ4n) is 2.25. The topological polar surface area (TPSA) is 49.6 Å². The first-order valence-electron chi connectivity index (χ1n) is 6.81. The molecule has 0 bridgehead atoms. The van der Waals surface area contributed by atoms with E-state index in [0.29, 0.717) is 13.0 Å². The highest BCUT2D eigenvalue weighted by molar-refractivity contribution is 9.10. The van der Waals surface area contributed by atoms with E-state index in [1.807, 2.05) is 48.8 Å². The van der Waals surface area contributed by atoms with E-state index >= 15 is 0 Å². The van der Waals surface area contributed by atoms with Gasteiger partial charge >= 0.3 is 0 Å². The van der Waals surface area contributed by atoms with Crippen LogP contribution in [0.3, 0.4) is 0 Å². The number of aliphatic hydroxyl groups excluding tert-OH is 1. The first-order valence-corrected chi connectivity index (χ1v) is 7.61. The van der Waals surface area contributed by atoms with Crippen molar-refractivity contribution in [2.75, 3.05) is 11.9 Å². The van der Waals surface area contributed by atoms with Gasteiger partial charge in [0.05, 0.1) is 18.4 Å². The number of imidazole rings is 1. The molecule has 5 heteroatoms. The molecule has 2 N–H and O–H groups in total. The van der Waals surface area contributed by atoms with Crippen molar-refractivity contribution >= 4 is 27.3 Å². The molecule has 108 valence electrons. The predicted octanol–water partition coefficient (Wildman–Crippen LogP) is 3.24. The first-order chi connectivity index (χ1) is 10.3. The van der Waals surface area contributed by atoms with Gasteiger partial charge in [-0.15, -0.1) is 0 Å². The Morgan fingerprint density at radius 3 is 2.71 bits per heavy atom. The lowest BCUT2D eigenvalue weighted by Crippen LogP contribution is -2.02. The van der Waals surface area contributed by atoms with Crippen LogP contribution in [0, 0.1) is 0 Å². The summed E-state index contributed by atoms with van der Waals surface area (Å²) in [6.07, 6.45) is 4.60. The molecule has 0 atom stereocenters. The van der Waals surface area contributed by atoms with E-state index in [4.69, 9.17) is 5.11 Å². The zero-order valence-corrected chi connectivity index (χ0v) is 13.0. The van der Waals surface area contributed by atoms with Gasteiger partial charge in [0.25, 0.3) is 0 Å². The summed E-state index contributed by atoms with van der Waals surface area (Å²) in [6, 6.07) is 12.1. The Morgan fingerprint density at radius 2 is 1.95 bits per heavy atom. The van der Waals surface area contributed by atoms with E-state index in [9.17, 15) is 0 Å². The molecule has 4 nitrogen and oxygen atoms in total. The molecule has 0 unspecified atom stereocenters. The normalized spacial score (nSPS) is 11.0. The molecular formula is C16H16BrN3O. The minimum atomic E-state index is 0.184. The minimum absolute atomic E-state index is 0.184. The minimum Gasteiger partial charge on any atom is -0.396 e. The molecule has 0 radical (unpaired) electrons. The third kappa shape index (κ3) is 3.25. The molecule has 0 aliphatic rings. The molecule has 2 aromatic heterocycles. The molecule has 0 saturated carbocycles. The molecule has 0 aliphatic heterocycles. The van der Waals surface area contributed by atoms with Gasteiger partial charge < -0.3 is 14.8 Å².